The van der Waals surface area contributed by atoms with Gasteiger partial charge in [0.1, 0.15) is 18.8 Å². The Balaban J connectivity index is 1.24. The van der Waals surface area contributed by atoms with E-state index in [1.54, 1.807) is 17.9 Å². The number of nitrogens with one attached hydrogen (secondary N) is 1. The molecule has 4 rings (SSSR count). The van der Waals surface area contributed by atoms with Crippen molar-refractivity contribution in [1.29, 1.82) is 0 Å². The van der Waals surface area contributed by atoms with E-state index < -0.39 is 0 Å². The maximum Gasteiger partial charge on any atom is 0.407 e. The van der Waals surface area contributed by atoms with Gasteiger partial charge in [-0.2, -0.15) is 0 Å². The zero-order valence-electron chi connectivity index (χ0n) is 15.9. The maximum absolute atomic E-state index is 11.9. The Morgan fingerprint density at radius 2 is 2.07 bits per heavy atom. The van der Waals surface area contributed by atoms with Crippen LogP contribution in [-0.4, -0.2) is 45.7 Å². The summed E-state index contributed by atoms with van der Waals surface area (Å²) in [6.45, 7) is 2.64. The van der Waals surface area contributed by atoms with Crippen LogP contribution in [0.5, 0.6) is 0 Å². The molecule has 4 heterocycles. The summed E-state index contributed by atoms with van der Waals surface area (Å²) in [5.74, 6) is 1.39. The number of piperidine rings is 1. The number of rotatable bonds is 6. The van der Waals surface area contributed by atoms with Gasteiger partial charge < -0.3 is 15.0 Å². The summed E-state index contributed by atoms with van der Waals surface area (Å²) >= 11 is 1.49. The van der Waals surface area contributed by atoms with Crippen molar-refractivity contribution < 1.29 is 9.53 Å². The lowest BCUT2D eigenvalue weighted by Gasteiger charge is -2.33. The quantitative estimate of drug-likeness (QED) is 0.667. The van der Waals surface area contributed by atoms with Crippen molar-refractivity contribution in [3.63, 3.8) is 0 Å². The summed E-state index contributed by atoms with van der Waals surface area (Å²) in [5, 5.41) is 4.74. The van der Waals surface area contributed by atoms with Gasteiger partial charge >= 0.3 is 6.09 Å². The first-order chi connectivity index (χ1) is 14.3. The van der Waals surface area contributed by atoms with E-state index in [0.717, 1.165) is 48.7 Å². The van der Waals surface area contributed by atoms with Crippen LogP contribution in [0.15, 0.2) is 47.8 Å². The third kappa shape index (κ3) is 5.26. The van der Waals surface area contributed by atoms with Gasteiger partial charge in [-0.05, 0) is 30.9 Å². The Kier molecular flexibility index (Phi) is 6.25. The molecular weight excluding hydrogens is 388 g/mol. The number of nitrogens with zero attached hydrogens (tertiary/aromatic N) is 5. The largest absolute Gasteiger partial charge is 0.443 e. The highest BCUT2D eigenvalue weighted by molar-refractivity contribution is 7.07. The van der Waals surface area contributed by atoms with Crippen LogP contribution >= 0.6 is 11.3 Å². The van der Waals surface area contributed by atoms with Gasteiger partial charge in [-0.3, -0.25) is 0 Å². The molecule has 150 valence electrons. The molecule has 1 N–H and O–H groups in total. The second-order valence-corrected chi connectivity index (χ2v) is 7.59. The number of carbonyl (C=O) groups excluding carboxylic acids is 1. The molecule has 3 aromatic rings. The molecule has 1 aliphatic heterocycles. The standard InChI is InChI=1S/C20H22N6O2S/c27-20(28-11-17-12-29-14-24-17)23-8-15-4-6-26(7-5-15)19-3-1-2-18(25-19)16-9-21-13-22-10-16/h1-3,9-10,12-15H,4-8,11H2,(H,23,27). The van der Waals surface area contributed by atoms with Crippen molar-refractivity contribution in [2.24, 2.45) is 5.92 Å². The first-order valence-corrected chi connectivity index (χ1v) is 10.5. The molecule has 0 aromatic carbocycles. The molecule has 9 heteroatoms. The van der Waals surface area contributed by atoms with Crippen molar-refractivity contribution in [3.8, 4) is 11.3 Å². The molecule has 1 saturated heterocycles. The Morgan fingerprint density at radius 1 is 1.24 bits per heavy atom. The number of anilines is 1. The Hall–Kier alpha value is -3.07. The molecule has 0 radical (unpaired) electrons. The van der Waals surface area contributed by atoms with Crippen LogP contribution in [0.4, 0.5) is 10.6 Å². The molecule has 1 aliphatic rings. The molecule has 0 unspecified atom stereocenters. The van der Waals surface area contributed by atoms with Crippen LogP contribution in [0.1, 0.15) is 18.5 Å². The number of amides is 1. The average Bonchev–Trinajstić information content (AvgIpc) is 3.31. The molecule has 1 fully saturated rings. The Bertz CT molecular complexity index is 914. The fourth-order valence-corrected chi connectivity index (χ4v) is 3.83. The highest BCUT2D eigenvalue weighted by Crippen LogP contribution is 2.24. The normalized spacial score (nSPS) is 14.6. The van der Waals surface area contributed by atoms with E-state index in [1.807, 2.05) is 23.6 Å². The van der Waals surface area contributed by atoms with Gasteiger partial charge in [0.25, 0.3) is 0 Å². The van der Waals surface area contributed by atoms with E-state index in [1.165, 1.54) is 17.7 Å². The molecule has 0 saturated carbocycles. The number of aromatic nitrogens is 4. The summed E-state index contributed by atoms with van der Waals surface area (Å²) in [4.78, 5) is 31.1. The van der Waals surface area contributed by atoms with Crippen molar-refractivity contribution in [2.45, 2.75) is 19.4 Å². The zero-order valence-corrected chi connectivity index (χ0v) is 16.7. The number of pyridine rings is 1. The van der Waals surface area contributed by atoms with Gasteiger partial charge in [-0.15, -0.1) is 11.3 Å². The second kappa shape index (κ2) is 9.42. The van der Waals surface area contributed by atoms with Crippen LogP contribution in [-0.2, 0) is 11.3 Å². The van der Waals surface area contributed by atoms with E-state index in [4.69, 9.17) is 9.72 Å². The first-order valence-electron chi connectivity index (χ1n) is 9.53. The van der Waals surface area contributed by atoms with Crippen LogP contribution < -0.4 is 10.2 Å². The van der Waals surface area contributed by atoms with Crippen molar-refractivity contribution in [2.75, 3.05) is 24.5 Å². The summed E-state index contributed by atoms with van der Waals surface area (Å²) in [6, 6.07) is 6.01. The van der Waals surface area contributed by atoms with Crippen molar-refractivity contribution in [1.82, 2.24) is 25.3 Å². The zero-order chi connectivity index (χ0) is 19.9. The van der Waals surface area contributed by atoms with Gasteiger partial charge in [0.05, 0.1) is 16.9 Å². The van der Waals surface area contributed by atoms with Gasteiger partial charge in [-0.1, -0.05) is 6.07 Å². The SMILES string of the molecule is O=C(NCC1CCN(c2cccc(-c3cncnc3)n2)CC1)OCc1cscn1. The summed E-state index contributed by atoms with van der Waals surface area (Å²) in [6.07, 6.45) is 6.65. The van der Waals surface area contributed by atoms with Gasteiger partial charge in [0.2, 0.25) is 0 Å². The minimum Gasteiger partial charge on any atom is -0.443 e. The Morgan fingerprint density at radius 3 is 2.83 bits per heavy atom. The third-order valence-electron chi connectivity index (χ3n) is 4.90. The second-order valence-electron chi connectivity index (χ2n) is 6.88. The first kappa shape index (κ1) is 19.3. The van der Waals surface area contributed by atoms with E-state index in [9.17, 15) is 4.79 Å². The predicted octanol–water partition coefficient (Wildman–Crippen LogP) is 3.14. The minimum atomic E-state index is -0.389. The molecule has 8 nitrogen and oxygen atoms in total. The number of hydrogen-bond donors (Lipinski definition) is 1. The van der Waals surface area contributed by atoms with Crippen LogP contribution in [0, 0.1) is 5.92 Å². The van der Waals surface area contributed by atoms with Gasteiger partial charge in [-0.25, -0.2) is 24.7 Å². The lowest BCUT2D eigenvalue weighted by Crippen LogP contribution is -2.39. The highest BCUT2D eigenvalue weighted by atomic mass is 32.1. The van der Waals surface area contributed by atoms with Gasteiger partial charge in [0.15, 0.2) is 0 Å². The van der Waals surface area contributed by atoms with E-state index >= 15 is 0 Å². The number of thiazole rings is 1. The fraction of sp³-hybridized carbons (Fsp3) is 0.350. The minimum absolute atomic E-state index is 0.211. The van der Waals surface area contributed by atoms with Gasteiger partial charge in [0, 0.05) is 43.0 Å². The average molecular weight is 411 g/mol. The fourth-order valence-electron chi connectivity index (χ4n) is 3.28. The smallest absolute Gasteiger partial charge is 0.407 e. The lowest BCUT2D eigenvalue weighted by atomic mass is 9.97. The van der Waals surface area contributed by atoms with E-state index in [-0.39, 0.29) is 12.7 Å². The lowest BCUT2D eigenvalue weighted by molar-refractivity contribution is 0.136. The number of alkyl carbamates (subject to hydrolysis) is 1. The summed E-state index contributed by atoms with van der Waals surface area (Å²) in [7, 11) is 0. The predicted molar refractivity (Wildman–Crippen MR) is 111 cm³/mol. The molecule has 1 amide bonds. The summed E-state index contributed by atoms with van der Waals surface area (Å²) in [5.41, 5.74) is 4.28. The van der Waals surface area contributed by atoms with Crippen LogP contribution in [0.3, 0.4) is 0 Å². The molecule has 0 aliphatic carbocycles. The molecule has 0 spiro atoms. The third-order valence-corrected chi connectivity index (χ3v) is 5.53. The molecule has 0 bridgehead atoms. The van der Waals surface area contributed by atoms with Crippen LogP contribution in [0.2, 0.25) is 0 Å². The molecule has 29 heavy (non-hydrogen) atoms. The van der Waals surface area contributed by atoms with E-state index in [0.29, 0.717) is 12.5 Å². The molecular formula is C20H22N6O2S. The van der Waals surface area contributed by atoms with Crippen molar-refractivity contribution >= 4 is 23.2 Å². The maximum atomic E-state index is 11.9. The molecule has 0 atom stereocenters. The number of carbonyl (C=O) groups is 1. The number of hydrogen-bond acceptors (Lipinski definition) is 8. The molecule has 3 aromatic heterocycles. The number of ether oxygens (including phenoxy) is 1. The Labute approximate surface area is 173 Å². The highest BCUT2D eigenvalue weighted by Gasteiger charge is 2.21. The van der Waals surface area contributed by atoms with Crippen molar-refractivity contribution in [3.05, 3.63) is 53.5 Å². The summed E-state index contributed by atoms with van der Waals surface area (Å²) < 4.78 is 5.19. The van der Waals surface area contributed by atoms with Crippen LogP contribution in [0.25, 0.3) is 11.3 Å². The topological polar surface area (TPSA) is 93.1 Å². The monoisotopic (exact) mass is 410 g/mol. The van der Waals surface area contributed by atoms with E-state index in [2.05, 4.69) is 25.2 Å².